The second-order valence-electron chi connectivity index (χ2n) is 8.26. The fourth-order valence-corrected chi connectivity index (χ4v) is 4.85. The molecule has 30 heavy (non-hydrogen) atoms. The summed E-state index contributed by atoms with van der Waals surface area (Å²) in [5, 5.41) is 6.29. The first-order chi connectivity index (χ1) is 14.6. The molecule has 2 aliphatic heterocycles. The van der Waals surface area contributed by atoms with E-state index in [2.05, 4.69) is 25.5 Å². The third-order valence-electron chi connectivity index (χ3n) is 6.31. The zero-order chi connectivity index (χ0) is 20.7. The van der Waals surface area contributed by atoms with Gasteiger partial charge in [-0.15, -0.1) is 0 Å². The first kappa shape index (κ1) is 19.0. The Morgan fingerprint density at radius 3 is 2.63 bits per heavy atom. The number of nitrogens with zero attached hydrogens (tertiary/aromatic N) is 4. The number of pyridine rings is 1. The standard InChI is InChI=1S/C21H26N6O3/c1-14-11-15(24-16-12-17(23-13-22-16)26-7-9-30-10-8-26)20(29)27-18(14)19(28)25-21(27)5-3-2-4-6-21/h11-13H,2-10H2,1H3,(H,25,28)(H,22,23,24). The monoisotopic (exact) mass is 410 g/mol. The summed E-state index contributed by atoms with van der Waals surface area (Å²) in [5.41, 5.74) is 0.879. The van der Waals surface area contributed by atoms with Gasteiger partial charge >= 0.3 is 0 Å². The number of aryl methyl sites for hydroxylation is 1. The van der Waals surface area contributed by atoms with Crippen LogP contribution in [0, 0.1) is 6.92 Å². The normalized spacial score (nSPS) is 20.2. The quantitative estimate of drug-likeness (QED) is 0.797. The van der Waals surface area contributed by atoms with Crippen LogP contribution in [-0.2, 0) is 10.4 Å². The van der Waals surface area contributed by atoms with Crippen molar-refractivity contribution in [3.8, 4) is 0 Å². The molecule has 0 atom stereocenters. The molecule has 0 unspecified atom stereocenters. The van der Waals surface area contributed by atoms with Crippen LogP contribution in [0.2, 0.25) is 0 Å². The lowest BCUT2D eigenvalue weighted by atomic mass is 9.89. The molecule has 1 saturated heterocycles. The SMILES string of the molecule is Cc1cc(Nc2cc(N3CCOCC3)ncn2)c(=O)n2c1C(=O)NC21CCCCC1. The largest absolute Gasteiger partial charge is 0.378 e. The zero-order valence-corrected chi connectivity index (χ0v) is 17.1. The smallest absolute Gasteiger partial charge is 0.276 e. The van der Waals surface area contributed by atoms with Crippen LogP contribution in [0.4, 0.5) is 17.3 Å². The number of ether oxygens (including phenoxy) is 1. The molecule has 2 N–H and O–H groups in total. The first-order valence-electron chi connectivity index (χ1n) is 10.6. The van der Waals surface area contributed by atoms with E-state index >= 15 is 0 Å². The molecule has 0 radical (unpaired) electrons. The van der Waals surface area contributed by atoms with E-state index in [1.807, 2.05) is 13.0 Å². The summed E-state index contributed by atoms with van der Waals surface area (Å²) >= 11 is 0. The summed E-state index contributed by atoms with van der Waals surface area (Å²) in [5.74, 6) is 1.20. The average molecular weight is 410 g/mol. The average Bonchev–Trinajstić information content (AvgIpc) is 3.05. The van der Waals surface area contributed by atoms with Crippen molar-refractivity contribution in [2.24, 2.45) is 0 Å². The van der Waals surface area contributed by atoms with E-state index in [-0.39, 0.29) is 11.5 Å². The second-order valence-corrected chi connectivity index (χ2v) is 8.26. The Morgan fingerprint density at radius 1 is 1.10 bits per heavy atom. The van der Waals surface area contributed by atoms with E-state index in [1.54, 1.807) is 10.6 Å². The van der Waals surface area contributed by atoms with Crippen LogP contribution in [0.15, 0.2) is 23.3 Å². The van der Waals surface area contributed by atoms with Gasteiger partial charge in [-0.2, -0.15) is 0 Å². The van der Waals surface area contributed by atoms with Gasteiger partial charge in [-0.05, 0) is 44.2 Å². The van der Waals surface area contributed by atoms with Gasteiger partial charge in [0.05, 0.1) is 13.2 Å². The molecule has 1 saturated carbocycles. The molecule has 0 aromatic carbocycles. The van der Waals surface area contributed by atoms with Crippen LogP contribution < -0.4 is 21.1 Å². The number of rotatable bonds is 3. The van der Waals surface area contributed by atoms with Crippen LogP contribution in [-0.4, -0.2) is 46.7 Å². The van der Waals surface area contributed by atoms with Crippen LogP contribution in [0.3, 0.4) is 0 Å². The van der Waals surface area contributed by atoms with Gasteiger partial charge in [-0.25, -0.2) is 9.97 Å². The number of amides is 1. The molecule has 1 spiro atoms. The Labute approximate surface area is 174 Å². The molecule has 158 valence electrons. The van der Waals surface area contributed by atoms with E-state index in [0.29, 0.717) is 30.4 Å². The van der Waals surface area contributed by atoms with E-state index in [0.717, 1.165) is 56.6 Å². The summed E-state index contributed by atoms with van der Waals surface area (Å²) in [6.07, 6.45) is 6.18. The maximum atomic E-state index is 13.5. The highest BCUT2D eigenvalue weighted by Crippen LogP contribution is 2.37. The molecular formula is C21H26N6O3. The van der Waals surface area contributed by atoms with Crippen molar-refractivity contribution < 1.29 is 9.53 Å². The number of carbonyl (C=O) groups is 1. The second kappa shape index (κ2) is 7.39. The van der Waals surface area contributed by atoms with Crippen LogP contribution in [0.5, 0.6) is 0 Å². The Hall–Kier alpha value is -2.94. The third kappa shape index (κ3) is 3.13. The summed E-state index contributed by atoms with van der Waals surface area (Å²) in [7, 11) is 0. The Kier molecular flexibility index (Phi) is 4.69. The molecular weight excluding hydrogens is 384 g/mol. The minimum Gasteiger partial charge on any atom is -0.378 e. The topological polar surface area (TPSA) is 101 Å². The molecule has 9 nitrogen and oxygen atoms in total. The number of morpholine rings is 1. The fraction of sp³-hybridized carbons (Fsp3) is 0.524. The molecule has 4 heterocycles. The number of hydrogen-bond acceptors (Lipinski definition) is 7. The number of nitrogens with one attached hydrogen (secondary N) is 2. The summed E-state index contributed by atoms with van der Waals surface area (Å²) in [6.45, 7) is 4.75. The number of carbonyl (C=O) groups excluding carboxylic acids is 1. The lowest BCUT2D eigenvalue weighted by Crippen LogP contribution is -2.48. The molecule has 2 aromatic rings. The van der Waals surface area contributed by atoms with Crippen LogP contribution in [0.25, 0.3) is 0 Å². The van der Waals surface area contributed by atoms with Crippen molar-refractivity contribution in [2.75, 3.05) is 36.5 Å². The van der Waals surface area contributed by atoms with E-state index in [9.17, 15) is 9.59 Å². The highest BCUT2D eigenvalue weighted by molar-refractivity contribution is 5.97. The highest BCUT2D eigenvalue weighted by atomic mass is 16.5. The fourth-order valence-electron chi connectivity index (χ4n) is 4.85. The summed E-state index contributed by atoms with van der Waals surface area (Å²) in [4.78, 5) is 36.9. The maximum absolute atomic E-state index is 13.5. The number of anilines is 3. The third-order valence-corrected chi connectivity index (χ3v) is 6.31. The van der Waals surface area contributed by atoms with Crippen molar-refractivity contribution in [3.63, 3.8) is 0 Å². The van der Waals surface area contributed by atoms with Gasteiger partial charge in [-0.3, -0.25) is 14.2 Å². The number of fused-ring (bicyclic) bond motifs is 2. The molecule has 1 aliphatic carbocycles. The minimum atomic E-state index is -0.602. The molecule has 3 aliphatic rings. The lowest BCUT2D eigenvalue weighted by molar-refractivity contribution is 0.0876. The van der Waals surface area contributed by atoms with Gasteiger partial charge in [0.25, 0.3) is 11.5 Å². The number of aromatic nitrogens is 3. The van der Waals surface area contributed by atoms with Gasteiger partial charge in [0.15, 0.2) is 0 Å². The van der Waals surface area contributed by atoms with Gasteiger partial charge in [0, 0.05) is 19.2 Å². The number of hydrogen-bond donors (Lipinski definition) is 2. The van der Waals surface area contributed by atoms with E-state index in [4.69, 9.17) is 4.74 Å². The maximum Gasteiger partial charge on any atom is 0.276 e. The first-order valence-corrected chi connectivity index (χ1v) is 10.6. The van der Waals surface area contributed by atoms with E-state index < -0.39 is 5.66 Å². The minimum absolute atomic E-state index is 0.158. The predicted molar refractivity (Wildman–Crippen MR) is 112 cm³/mol. The Morgan fingerprint density at radius 2 is 1.87 bits per heavy atom. The highest BCUT2D eigenvalue weighted by Gasteiger charge is 2.45. The molecule has 9 heteroatoms. The van der Waals surface area contributed by atoms with Crippen molar-refractivity contribution in [1.29, 1.82) is 0 Å². The Bertz CT molecular complexity index is 1040. The summed E-state index contributed by atoms with van der Waals surface area (Å²) < 4.78 is 7.09. The Balaban J connectivity index is 1.51. The van der Waals surface area contributed by atoms with Gasteiger partial charge in [-0.1, -0.05) is 6.42 Å². The van der Waals surface area contributed by atoms with Gasteiger partial charge in [0.2, 0.25) is 0 Å². The van der Waals surface area contributed by atoms with Crippen LogP contribution in [0.1, 0.15) is 48.2 Å². The lowest BCUT2D eigenvalue weighted by Gasteiger charge is -2.35. The van der Waals surface area contributed by atoms with Gasteiger partial charge < -0.3 is 20.3 Å². The predicted octanol–water partition coefficient (Wildman–Crippen LogP) is 1.89. The molecule has 5 rings (SSSR count). The molecule has 1 amide bonds. The van der Waals surface area contributed by atoms with Crippen molar-refractivity contribution in [2.45, 2.75) is 44.7 Å². The van der Waals surface area contributed by atoms with Crippen LogP contribution >= 0.6 is 0 Å². The van der Waals surface area contributed by atoms with Crippen molar-refractivity contribution in [3.05, 3.63) is 40.1 Å². The van der Waals surface area contributed by atoms with Gasteiger partial charge in [0.1, 0.15) is 35.0 Å². The van der Waals surface area contributed by atoms with Crippen molar-refractivity contribution in [1.82, 2.24) is 19.9 Å². The van der Waals surface area contributed by atoms with Crippen molar-refractivity contribution >= 4 is 23.2 Å². The molecule has 0 bridgehead atoms. The van der Waals surface area contributed by atoms with E-state index in [1.165, 1.54) is 6.33 Å². The zero-order valence-electron chi connectivity index (χ0n) is 17.1. The molecule has 2 fully saturated rings. The molecule has 2 aromatic heterocycles. The summed E-state index contributed by atoms with van der Waals surface area (Å²) in [6, 6.07) is 3.59.